The molecule has 1 aromatic heterocycles. The first-order valence-corrected chi connectivity index (χ1v) is 17.9. The lowest BCUT2D eigenvalue weighted by molar-refractivity contribution is -0.130. The molecule has 1 aliphatic carbocycles. The summed E-state index contributed by atoms with van der Waals surface area (Å²) in [7, 11) is -3.70. The quantitative estimate of drug-likeness (QED) is 0.166. The lowest BCUT2D eigenvalue weighted by atomic mass is 9.81. The zero-order valence-corrected chi connectivity index (χ0v) is 29.0. The second-order valence-electron chi connectivity index (χ2n) is 12.7. The molecular formula is C35H43ClN6O6S. The molecule has 2 amide bonds. The fourth-order valence-electron chi connectivity index (χ4n) is 6.61. The molecule has 1 saturated carbocycles. The second-order valence-corrected chi connectivity index (χ2v) is 14.7. The second kappa shape index (κ2) is 15.7. The van der Waals surface area contributed by atoms with Gasteiger partial charge in [-0.05, 0) is 97.7 Å². The van der Waals surface area contributed by atoms with Gasteiger partial charge in [0.05, 0.1) is 29.0 Å². The van der Waals surface area contributed by atoms with Crippen LogP contribution in [0.1, 0.15) is 36.8 Å². The van der Waals surface area contributed by atoms with Crippen LogP contribution in [-0.4, -0.2) is 73.6 Å². The number of hydrogen-bond donors (Lipinski definition) is 5. The molecule has 12 nitrogen and oxygen atoms in total. The van der Waals surface area contributed by atoms with E-state index in [4.69, 9.17) is 10.5 Å². The van der Waals surface area contributed by atoms with Gasteiger partial charge in [-0.3, -0.25) is 24.6 Å². The van der Waals surface area contributed by atoms with Crippen LogP contribution >= 0.6 is 12.4 Å². The number of nitrogens with two attached hydrogens (primary N) is 1. The van der Waals surface area contributed by atoms with Crippen molar-refractivity contribution in [1.82, 2.24) is 19.8 Å². The molecule has 0 spiro atoms. The van der Waals surface area contributed by atoms with Crippen molar-refractivity contribution in [3.8, 4) is 11.1 Å². The number of nitrogens with one attached hydrogen (secondary N) is 4. The van der Waals surface area contributed by atoms with Gasteiger partial charge in [-0.15, -0.1) is 12.4 Å². The number of hydrogen-bond acceptors (Lipinski definition) is 7. The van der Waals surface area contributed by atoms with E-state index in [0.717, 1.165) is 47.9 Å². The average molecular weight is 711 g/mol. The van der Waals surface area contributed by atoms with E-state index in [-0.39, 0.29) is 41.1 Å². The molecule has 1 atom stereocenters. The van der Waals surface area contributed by atoms with Crippen molar-refractivity contribution >= 4 is 50.8 Å². The fraction of sp³-hybridized carbons (Fsp3) is 0.400. The Morgan fingerprint density at radius 3 is 2.49 bits per heavy atom. The van der Waals surface area contributed by atoms with Gasteiger partial charge in [-0.1, -0.05) is 30.3 Å². The van der Waals surface area contributed by atoms with Gasteiger partial charge in [-0.25, -0.2) is 8.42 Å². The highest BCUT2D eigenvalue weighted by Crippen LogP contribution is 2.30. The van der Waals surface area contributed by atoms with E-state index in [1.807, 2.05) is 31.2 Å². The molecule has 6 rings (SSSR count). The number of aromatic amines is 2. The number of ether oxygens (including phenoxy) is 1. The number of sulfonamides is 1. The Balaban J connectivity index is 0.00000468. The first-order chi connectivity index (χ1) is 23.1. The van der Waals surface area contributed by atoms with E-state index in [2.05, 4.69) is 20.8 Å². The number of carbonyl (C=O) groups is 2. The molecule has 0 unspecified atom stereocenters. The lowest BCUT2D eigenvalue weighted by Crippen LogP contribution is -2.48. The molecule has 2 aliphatic rings. The summed E-state index contributed by atoms with van der Waals surface area (Å²) < 4.78 is 33.6. The maximum absolute atomic E-state index is 13.8. The van der Waals surface area contributed by atoms with Crippen LogP contribution in [0.5, 0.6) is 0 Å². The number of anilines is 1. The minimum Gasteiger partial charge on any atom is -0.379 e. The van der Waals surface area contributed by atoms with Crippen LogP contribution in [0.25, 0.3) is 22.0 Å². The van der Waals surface area contributed by atoms with Gasteiger partial charge in [-0.2, -0.15) is 4.31 Å². The lowest BCUT2D eigenvalue weighted by Gasteiger charge is -2.28. The van der Waals surface area contributed by atoms with Crippen LogP contribution < -0.4 is 21.9 Å². The van der Waals surface area contributed by atoms with Crippen LogP contribution in [0, 0.1) is 18.8 Å². The van der Waals surface area contributed by atoms with Crippen molar-refractivity contribution in [3.63, 3.8) is 0 Å². The van der Waals surface area contributed by atoms with Gasteiger partial charge in [0.1, 0.15) is 6.04 Å². The molecular weight excluding hydrogens is 668 g/mol. The van der Waals surface area contributed by atoms with Crippen LogP contribution in [-0.2, 0) is 30.8 Å². The number of H-pyrrole nitrogens is 2. The maximum atomic E-state index is 13.8. The van der Waals surface area contributed by atoms with Gasteiger partial charge in [0.2, 0.25) is 21.8 Å². The molecule has 6 N–H and O–H groups in total. The van der Waals surface area contributed by atoms with Crippen molar-refractivity contribution in [2.75, 3.05) is 38.2 Å². The Hall–Kier alpha value is -4.01. The van der Waals surface area contributed by atoms with Crippen LogP contribution in [0.3, 0.4) is 0 Å². The van der Waals surface area contributed by atoms with Gasteiger partial charge in [0, 0.05) is 31.1 Å². The molecule has 0 radical (unpaired) electrons. The summed E-state index contributed by atoms with van der Waals surface area (Å²) in [6.07, 6.45) is 3.40. The Labute approximate surface area is 291 Å². The van der Waals surface area contributed by atoms with E-state index >= 15 is 0 Å². The predicted octanol–water partition coefficient (Wildman–Crippen LogP) is 3.71. The molecule has 4 aromatic rings. The van der Waals surface area contributed by atoms with Crippen molar-refractivity contribution in [2.45, 2.75) is 50.0 Å². The highest BCUT2D eigenvalue weighted by Gasteiger charge is 2.30. The zero-order chi connectivity index (χ0) is 33.8. The molecule has 3 aromatic carbocycles. The van der Waals surface area contributed by atoms with Crippen LogP contribution in [0.4, 0.5) is 5.69 Å². The highest BCUT2D eigenvalue weighted by molar-refractivity contribution is 7.89. The molecule has 49 heavy (non-hydrogen) atoms. The summed E-state index contributed by atoms with van der Waals surface area (Å²) in [5.41, 5.74) is 9.90. The molecule has 2 heterocycles. The minimum atomic E-state index is -3.70. The third-order valence-corrected chi connectivity index (χ3v) is 11.4. The maximum Gasteiger partial charge on any atom is 0.271 e. The number of fused-ring (bicyclic) bond motifs is 1. The first-order valence-electron chi connectivity index (χ1n) is 16.4. The van der Waals surface area contributed by atoms with E-state index < -0.39 is 22.0 Å². The number of halogens is 1. The number of morpholine rings is 1. The first kappa shape index (κ1) is 36.3. The number of amides is 2. The predicted molar refractivity (Wildman–Crippen MR) is 191 cm³/mol. The standard InChI is InChI=1S/C35H42N6O6S.ClH/c1-22-5-11-28(48(45,46)41-13-15-47-16-14-41)20-30(22)26-4-2-3-24(17-26)18-32(38-33(42)25-8-6-23(21-36)7-9-25)35(44)37-27-10-12-29-31(19-27)39-40-34(29)43;/h2-5,10-12,17,19-20,23,25,32H,6-9,13-16,18,21,36H2,1H3,(H,37,44)(H,38,42)(H2,39,40,43);1H/t23-,25-,32-;/m0./s1. The number of benzene rings is 3. The molecule has 2 fully saturated rings. The van der Waals surface area contributed by atoms with Gasteiger partial charge in [0.25, 0.3) is 5.56 Å². The summed E-state index contributed by atoms with van der Waals surface area (Å²) in [5.74, 6) is -0.341. The van der Waals surface area contributed by atoms with E-state index in [1.165, 1.54) is 4.31 Å². The van der Waals surface area contributed by atoms with E-state index in [9.17, 15) is 22.8 Å². The van der Waals surface area contributed by atoms with Crippen molar-refractivity contribution in [1.29, 1.82) is 0 Å². The molecule has 0 bridgehead atoms. The van der Waals surface area contributed by atoms with Crippen molar-refractivity contribution in [3.05, 3.63) is 82.1 Å². The molecule has 14 heteroatoms. The average Bonchev–Trinajstić information content (AvgIpc) is 3.48. The van der Waals surface area contributed by atoms with E-state index in [1.54, 1.807) is 36.4 Å². The monoisotopic (exact) mass is 710 g/mol. The van der Waals surface area contributed by atoms with Gasteiger partial charge in [0.15, 0.2) is 0 Å². The topological polar surface area (TPSA) is 179 Å². The fourth-order valence-corrected chi connectivity index (χ4v) is 8.05. The van der Waals surface area contributed by atoms with Gasteiger partial charge >= 0.3 is 0 Å². The van der Waals surface area contributed by atoms with E-state index in [0.29, 0.717) is 55.4 Å². The third kappa shape index (κ3) is 8.25. The van der Waals surface area contributed by atoms with Gasteiger partial charge < -0.3 is 21.1 Å². The minimum absolute atomic E-state index is 0. The summed E-state index contributed by atoms with van der Waals surface area (Å²) in [6, 6.07) is 16.8. The number of nitrogens with zero attached hydrogens (tertiary/aromatic N) is 1. The summed E-state index contributed by atoms with van der Waals surface area (Å²) in [4.78, 5) is 39.4. The smallest absolute Gasteiger partial charge is 0.271 e. The molecule has 262 valence electrons. The van der Waals surface area contributed by atoms with Crippen molar-refractivity contribution in [2.24, 2.45) is 17.6 Å². The molecule has 1 aliphatic heterocycles. The van der Waals surface area contributed by atoms with Crippen LogP contribution in [0.15, 0.2) is 70.4 Å². The number of rotatable bonds is 10. The van der Waals surface area contributed by atoms with Crippen molar-refractivity contribution < 1.29 is 22.7 Å². The number of carbonyl (C=O) groups excluding carboxylic acids is 2. The molecule has 1 saturated heterocycles. The third-order valence-electron chi connectivity index (χ3n) is 9.52. The Morgan fingerprint density at radius 1 is 1.00 bits per heavy atom. The Bertz CT molecular complexity index is 1960. The summed E-state index contributed by atoms with van der Waals surface area (Å²) in [5, 5.41) is 11.7. The SMILES string of the molecule is Cc1ccc(S(=O)(=O)N2CCOCC2)cc1-c1cccc(C[C@H](NC(=O)[C@H]2CC[C@H](CN)CC2)C(=O)Nc2ccc3c(=O)[nH][nH]c3c2)c1.Cl. The summed E-state index contributed by atoms with van der Waals surface area (Å²) in [6.45, 7) is 3.87. The largest absolute Gasteiger partial charge is 0.379 e. The number of aryl methyl sites for hydroxylation is 1. The summed E-state index contributed by atoms with van der Waals surface area (Å²) >= 11 is 0. The normalized spacial score (nSPS) is 19.1. The Morgan fingerprint density at radius 2 is 1.76 bits per heavy atom. The Kier molecular flexibility index (Phi) is 11.6. The zero-order valence-electron chi connectivity index (χ0n) is 27.4. The highest BCUT2D eigenvalue weighted by atomic mass is 35.5. The number of aromatic nitrogens is 2. The van der Waals surface area contributed by atoms with Crippen LogP contribution in [0.2, 0.25) is 0 Å².